The zero-order chi connectivity index (χ0) is 11.1. The Morgan fingerprint density at radius 3 is 3.00 bits per heavy atom. The molecule has 0 radical (unpaired) electrons. The number of thioether (sulfide) groups is 1. The van der Waals surface area contributed by atoms with Gasteiger partial charge in [0.05, 0.1) is 0 Å². The molecule has 1 aromatic heterocycles. The van der Waals surface area contributed by atoms with E-state index in [-0.39, 0.29) is 0 Å². The Balaban J connectivity index is 2.09. The van der Waals surface area contributed by atoms with E-state index in [0.717, 1.165) is 31.3 Å². The highest BCUT2D eigenvalue weighted by Gasteiger charge is 2.01. The second-order valence-electron chi connectivity index (χ2n) is 3.97. The molecule has 0 spiro atoms. The van der Waals surface area contributed by atoms with E-state index in [9.17, 15) is 0 Å². The van der Waals surface area contributed by atoms with E-state index >= 15 is 0 Å². The fourth-order valence-electron chi connectivity index (χ4n) is 1.53. The molecule has 1 heterocycles. The van der Waals surface area contributed by atoms with Crippen LogP contribution in [0.5, 0.6) is 0 Å². The van der Waals surface area contributed by atoms with Gasteiger partial charge in [0.25, 0.3) is 0 Å². The van der Waals surface area contributed by atoms with Gasteiger partial charge < -0.3 is 9.88 Å². The summed E-state index contributed by atoms with van der Waals surface area (Å²) in [5, 5.41) is 3.47. The van der Waals surface area contributed by atoms with Crippen molar-refractivity contribution < 1.29 is 0 Å². The van der Waals surface area contributed by atoms with Gasteiger partial charge in [-0.15, -0.1) is 0 Å². The molecule has 4 heteroatoms. The Morgan fingerprint density at radius 1 is 1.60 bits per heavy atom. The van der Waals surface area contributed by atoms with Gasteiger partial charge in [-0.25, -0.2) is 4.98 Å². The second kappa shape index (κ2) is 6.90. The minimum absolute atomic E-state index is 0.751. The molecule has 15 heavy (non-hydrogen) atoms. The maximum Gasteiger partial charge on any atom is 0.109 e. The summed E-state index contributed by atoms with van der Waals surface area (Å²) >= 11 is 1.91. The molecule has 3 nitrogen and oxygen atoms in total. The summed E-state index contributed by atoms with van der Waals surface area (Å²) in [6, 6.07) is 0. The second-order valence-corrected chi connectivity index (χ2v) is 4.88. The first-order valence-corrected chi connectivity index (χ1v) is 6.79. The minimum atomic E-state index is 0.751. The maximum absolute atomic E-state index is 4.29. The number of nitrogens with one attached hydrogen (secondary N) is 1. The maximum atomic E-state index is 4.29. The van der Waals surface area contributed by atoms with Crippen LogP contribution in [0.1, 0.15) is 12.7 Å². The fourth-order valence-corrected chi connectivity index (χ4v) is 2.22. The minimum Gasteiger partial charge on any atom is -0.338 e. The van der Waals surface area contributed by atoms with Crippen LogP contribution in [-0.2, 0) is 13.5 Å². The molecule has 1 atom stereocenters. The molecule has 0 bridgehead atoms. The van der Waals surface area contributed by atoms with Crippen molar-refractivity contribution in [3.63, 3.8) is 0 Å². The number of imidazole rings is 1. The molecule has 1 rings (SSSR count). The van der Waals surface area contributed by atoms with Crippen LogP contribution in [0.4, 0.5) is 0 Å². The first-order valence-electron chi connectivity index (χ1n) is 5.40. The zero-order valence-electron chi connectivity index (χ0n) is 9.86. The van der Waals surface area contributed by atoms with Gasteiger partial charge in [0.15, 0.2) is 0 Å². The largest absolute Gasteiger partial charge is 0.338 e. The molecule has 0 amide bonds. The van der Waals surface area contributed by atoms with Crippen molar-refractivity contribution in [1.82, 2.24) is 14.9 Å². The van der Waals surface area contributed by atoms with E-state index < -0.39 is 0 Å². The molecular weight excluding hydrogens is 206 g/mol. The van der Waals surface area contributed by atoms with Crippen molar-refractivity contribution >= 4 is 11.8 Å². The van der Waals surface area contributed by atoms with Crippen molar-refractivity contribution in [2.45, 2.75) is 13.3 Å². The number of hydrogen-bond acceptors (Lipinski definition) is 3. The molecule has 1 unspecified atom stereocenters. The third kappa shape index (κ3) is 4.71. The van der Waals surface area contributed by atoms with E-state index in [1.54, 1.807) is 0 Å². The highest BCUT2D eigenvalue weighted by molar-refractivity contribution is 7.98. The molecule has 0 aromatic carbocycles. The molecule has 1 N–H and O–H groups in total. The summed E-state index contributed by atoms with van der Waals surface area (Å²) in [6.07, 6.45) is 7.01. The molecule has 1 aromatic rings. The lowest BCUT2D eigenvalue weighted by Crippen LogP contribution is -2.25. The topological polar surface area (TPSA) is 29.9 Å². The normalized spacial score (nSPS) is 13.0. The average molecular weight is 227 g/mol. The van der Waals surface area contributed by atoms with Crippen molar-refractivity contribution in [2.75, 3.05) is 25.1 Å². The van der Waals surface area contributed by atoms with Crippen LogP contribution in [0.2, 0.25) is 0 Å². The standard InChI is InChI=1S/C11H21N3S/c1-10(9-15-3)8-12-5-4-11-13-6-7-14(11)2/h6-7,10,12H,4-5,8-9H2,1-3H3. The molecule has 0 fully saturated rings. The summed E-state index contributed by atoms with van der Waals surface area (Å²) in [7, 11) is 2.04. The average Bonchev–Trinajstić information content (AvgIpc) is 2.60. The predicted octanol–water partition coefficient (Wildman–Crippen LogP) is 1.55. The van der Waals surface area contributed by atoms with Crippen molar-refractivity contribution in [1.29, 1.82) is 0 Å². The van der Waals surface area contributed by atoms with Crippen LogP contribution in [0.3, 0.4) is 0 Å². The van der Waals surface area contributed by atoms with E-state index in [4.69, 9.17) is 0 Å². The molecular formula is C11H21N3S. The third-order valence-corrected chi connectivity index (χ3v) is 3.29. The Kier molecular flexibility index (Phi) is 5.79. The Hall–Kier alpha value is -0.480. The van der Waals surface area contributed by atoms with Crippen LogP contribution in [0, 0.1) is 5.92 Å². The van der Waals surface area contributed by atoms with Gasteiger partial charge in [-0.1, -0.05) is 6.92 Å². The van der Waals surface area contributed by atoms with Gasteiger partial charge in [0.1, 0.15) is 5.82 Å². The highest BCUT2D eigenvalue weighted by Crippen LogP contribution is 2.02. The van der Waals surface area contributed by atoms with E-state index in [2.05, 4.69) is 28.0 Å². The lowest BCUT2D eigenvalue weighted by Gasteiger charge is -2.10. The number of hydrogen-bond donors (Lipinski definition) is 1. The van der Waals surface area contributed by atoms with Crippen LogP contribution in [0.15, 0.2) is 12.4 Å². The van der Waals surface area contributed by atoms with Crippen molar-refractivity contribution in [3.05, 3.63) is 18.2 Å². The molecule has 0 aliphatic heterocycles. The van der Waals surface area contributed by atoms with Gasteiger partial charge in [-0.3, -0.25) is 0 Å². The summed E-state index contributed by atoms with van der Waals surface area (Å²) in [5.74, 6) is 3.14. The van der Waals surface area contributed by atoms with E-state index in [1.807, 2.05) is 31.2 Å². The molecule has 0 aliphatic carbocycles. The zero-order valence-corrected chi connectivity index (χ0v) is 10.7. The van der Waals surface area contributed by atoms with Crippen LogP contribution >= 0.6 is 11.8 Å². The van der Waals surface area contributed by atoms with Gasteiger partial charge >= 0.3 is 0 Å². The quantitative estimate of drug-likeness (QED) is 0.717. The number of rotatable bonds is 7. The number of nitrogens with zero attached hydrogens (tertiary/aromatic N) is 2. The monoisotopic (exact) mass is 227 g/mol. The summed E-state index contributed by atoms with van der Waals surface area (Å²) in [5.41, 5.74) is 0. The summed E-state index contributed by atoms with van der Waals surface area (Å²) < 4.78 is 2.08. The lowest BCUT2D eigenvalue weighted by atomic mass is 10.2. The van der Waals surface area contributed by atoms with Crippen LogP contribution < -0.4 is 5.32 Å². The van der Waals surface area contributed by atoms with Crippen LogP contribution in [-0.4, -0.2) is 34.6 Å². The van der Waals surface area contributed by atoms with Crippen molar-refractivity contribution in [3.8, 4) is 0 Å². The van der Waals surface area contributed by atoms with E-state index in [0.29, 0.717) is 0 Å². The van der Waals surface area contributed by atoms with Gasteiger partial charge in [-0.05, 0) is 24.5 Å². The van der Waals surface area contributed by atoms with Crippen molar-refractivity contribution in [2.24, 2.45) is 13.0 Å². The number of aromatic nitrogens is 2. The first kappa shape index (κ1) is 12.6. The predicted molar refractivity (Wildman–Crippen MR) is 67.3 cm³/mol. The van der Waals surface area contributed by atoms with E-state index in [1.165, 1.54) is 5.75 Å². The summed E-state index contributed by atoms with van der Waals surface area (Å²) in [4.78, 5) is 4.29. The summed E-state index contributed by atoms with van der Waals surface area (Å²) in [6.45, 7) is 4.40. The molecule has 0 aliphatic rings. The van der Waals surface area contributed by atoms with Crippen LogP contribution in [0.25, 0.3) is 0 Å². The Labute approximate surface area is 96.7 Å². The fraction of sp³-hybridized carbons (Fsp3) is 0.727. The Bertz CT molecular complexity index is 273. The molecule has 0 saturated heterocycles. The first-order chi connectivity index (χ1) is 7.24. The smallest absolute Gasteiger partial charge is 0.109 e. The number of aryl methyl sites for hydroxylation is 1. The molecule has 0 saturated carbocycles. The third-order valence-electron chi connectivity index (χ3n) is 2.39. The Morgan fingerprint density at radius 2 is 2.40 bits per heavy atom. The SMILES string of the molecule is CSCC(C)CNCCc1nccn1C. The van der Waals surface area contributed by atoms with Gasteiger partial charge in [0, 0.05) is 32.4 Å². The highest BCUT2D eigenvalue weighted by atomic mass is 32.2. The van der Waals surface area contributed by atoms with Gasteiger partial charge in [-0.2, -0.15) is 11.8 Å². The molecule has 86 valence electrons. The lowest BCUT2D eigenvalue weighted by molar-refractivity contribution is 0.554. The van der Waals surface area contributed by atoms with Gasteiger partial charge in [0.2, 0.25) is 0 Å².